The molecule has 0 spiro atoms. The number of carbonyl (C=O) groups is 1. The molecule has 20 heavy (non-hydrogen) atoms. The van der Waals surface area contributed by atoms with E-state index < -0.39 is 0 Å². The molecule has 3 nitrogen and oxygen atoms in total. The maximum atomic E-state index is 12.3. The van der Waals surface area contributed by atoms with Crippen molar-refractivity contribution < 1.29 is 9.90 Å². The third-order valence-electron chi connectivity index (χ3n) is 3.96. The van der Waals surface area contributed by atoms with Crippen LogP contribution in [0.2, 0.25) is 0 Å². The largest absolute Gasteiger partial charge is 0.395 e. The van der Waals surface area contributed by atoms with E-state index in [0.717, 1.165) is 18.5 Å². The molecule has 0 aromatic heterocycles. The van der Waals surface area contributed by atoms with E-state index in [4.69, 9.17) is 5.11 Å². The Morgan fingerprint density at radius 3 is 2.80 bits per heavy atom. The zero-order chi connectivity index (χ0) is 14.4. The van der Waals surface area contributed by atoms with Gasteiger partial charge in [-0.15, -0.1) is 0 Å². The van der Waals surface area contributed by atoms with Crippen LogP contribution in [0, 0.1) is 17.3 Å². The van der Waals surface area contributed by atoms with Gasteiger partial charge in [0.2, 0.25) is 0 Å². The molecule has 1 aliphatic rings. The first-order chi connectivity index (χ1) is 9.71. The third-order valence-corrected chi connectivity index (χ3v) is 3.96. The lowest BCUT2D eigenvalue weighted by atomic mass is 10.0. The normalized spacial score (nSPS) is 15.1. The van der Waals surface area contributed by atoms with Gasteiger partial charge in [0, 0.05) is 18.5 Å². The lowest BCUT2D eigenvalue weighted by Gasteiger charge is -2.14. The van der Waals surface area contributed by atoms with E-state index in [1.807, 2.05) is 18.2 Å². The van der Waals surface area contributed by atoms with Gasteiger partial charge >= 0.3 is 0 Å². The summed E-state index contributed by atoms with van der Waals surface area (Å²) in [4.78, 5) is 12.3. The predicted molar refractivity (Wildman–Crippen MR) is 79.3 cm³/mol. The fourth-order valence-corrected chi connectivity index (χ4v) is 2.20. The quantitative estimate of drug-likeness (QED) is 0.808. The molecule has 106 valence electrons. The number of aliphatic hydroxyl groups excluding tert-OH is 1. The minimum atomic E-state index is -0.0568. The van der Waals surface area contributed by atoms with Crippen molar-refractivity contribution in [1.82, 2.24) is 5.32 Å². The second-order valence-corrected chi connectivity index (χ2v) is 5.36. The smallest absolute Gasteiger partial charge is 0.252 e. The molecule has 1 amide bonds. The summed E-state index contributed by atoms with van der Waals surface area (Å²) in [6, 6.07) is 7.35. The molecule has 0 unspecified atom stereocenters. The minimum absolute atomic E-state index is 0.0420. The van der Waals surface area contributed by atoms with Crippen LogP contribution in [0.1, 0.15) is 48.5 Å². The van der Waals surface area contributed by atoms with Crippen molar-refractivity contribution in [3.63, 3.8) is 0 Å². The number of hydrogen-bond acceptors (Lipinski definition) is 2. The fourth-order valence-electron chi connectivity index (χ4n) is 2.20. The molecule has 1 aromatic carbocycles. The lowest BCUT2D eigenvalue weighted by molar-refractivity contribution is 0.0944. The fraction of sp³-hybridized carbons (Fsp3) is 0.471. The van der Waals surface area contributed by atoms with Crippen LogP contribution in [-0.4, -0.2) is 24.2 Å². The molecule has 1 fully saturated rings. The van der Waals surface area contributed by atoms with Crippen LogP contribution < -0.4 is 5.32 Å². The lowest BCUT2D eigenvalue weighted by Crippen LogP contribution is -2.30. The SMILES string of the molecule is CCC1(CNC(=O)c2ccccc2C#CCCO)CC1. The molecule has 1 saturated carbocycles. The second-order valence-electron chi connectivity index (χ2n) is 5.36. The molecule has 2 N–H and O–H groups in total. The molecule has 1 aliphatic carbocycles. The number of hydrogen-bond donors (Lipinski definition) is 2. The van der Waals surface area contributed by atoms with Crippen LogP contribution in [0.15, 0.2) is 24.3 Å². The second kappa shape index (κ2) is 6.58. The van der Waals surface area contributed by atoms with Gasteiger partial charge in [0.05, 0.1) is 12.2 Å². The first-order valence-electron chi connectivity index (χ1n) is 7.18. The zero-order valence-electron chi connectivity index (χ0n) is 11.9. The van der Waals surface area contributed by atoms with E-state index in [1.54, 1.807) is 6.07 Å². The average molecular weight is 271 g/mol. The molecule has 0 atom stereocenters. The number of aliphatic hydroxyl groups is 1. The van der Waals surface area contributed by atoms with Gasteiger partial charge < -0.3 is 10.4 Å². The maximum absolute atomic E-state index is 12.3. The van der Waals surface area contributed by atoms with Crippen molar-refractivity contribution in [3.05, 3.63) is 35.4 Å². The van der Waals surface area contributed by atoms with Crippen LogP contribution in [0.25, 0.3) is 0 Å². The van der Waals surface area contributed by atoms with E-state index in [1.165, 1.54) is 12.8 Å². The Kier molecular flexibility index (Phi) is 4.81. The minimum Gasteiger partial charge on any atom is -0.395 e. The van der Waals surface area contributed by atoms with E-state index in [-0.39, 0.29) is 12.5 Å². The maximum Gasteiger partial charge on any atom is 0.252 e. The summed E-state index contributed by atoms with van der Waals surface area (Å²) in [5, 5.41) is 11.8. The molecule has 0 bridgehead atoms. The number of amides is 1. The molecule has 3 heteroatoms. The van der Waals surface area contributed by atoms with E-state index >= 15 is 0 Å². The first kappa shape index (κ1) is 14.6. The summed E-state index contributed by atoms with van der Waals surface area (Å²) in [5.74, 6) is 5.76. The molecular formula is C17H21NO2. The van der Waals surface area contributed by atoms with Gasteiger partial charge in [-0.25, -0.2) is 0 Å². The Hall–Kier alpha value is -1.79. The summed E-state index contributed by atoms with van der Waals surface area (Å²) >= 11 is 0. The van der Waals surface area contributed by atoms with Crippen LogP contribution in [0.4, 0.5) is 0 Å². The van der Waals surface area contributed by atoms with E-state index in [2.05, 4.69) is 24.1 Å². The summed E-state index contributed by atoms with van der Waals surface area (Å²) in [6.07, 6.45) is 3.96. The standard InChI is InChI=1S/C17H21NO2/c1-2-17(10-11-17)13-18-16(20)15-9-4-3-7-14(15)8-5-6-12-19/h3-4,7,9,19H,2,6,10-13H2,1H3,(H,18,20). The number of carbonyl (C=O) groups excluding carboxylic acids is 1. The summed E-state index contributed by atoms with van der Waals surface area (Å²) in [7, 11) is 0. The molecule has 0 heterocycles. The van der Waals surface area contributed by atoms with Gasteiger partial charge in [0.15, 0.2) is 0 Å². The predicted octanol–water partition coefficient (Wildman–Crippen LogP) is 2.34. The van der Waals surface area contributed by atoms with Gasteiger partial charge in [-0.05, 0) is 36.8 Å². The average Bonchev–Trinajstić information content (AvgIpc) is 3.26. The number of benzene rings is 1. The summed E-state index contributed by atoms with van der Waals surface area (Å²) in [5.41, 5.74) is 1.68. The number of nitrogens with one attached hydrogen (secondary N) is 1. The summed E-state index contributed by atoms with van der Waals surface area (Å²) < 4.78 is 0. The first-order valence-corrected chi connectivity index (χ1v) is 7.18. The van der Waals surface area contributed by atoms with Crippen molar-refractivity contribution in [1.29, 1.82) is 0 Å². The van der Waals surface area contributed by atoms with Crippen LogP contribution in [0.3, 0.4) is 0 Å². The molecule has 0 saturated heterocycles. The molecule has 0 radical (unpaired) electrons. The Bertz CT molecular complexity index is 535. The van der Waals surface area contributed by atoms with E-state index in [9.17, 15) is 4.79 Å². The molecule has 1 aromatic rings. The van der Waals surface area contributed by atoms with Crippen molar-refractivity contribution in [2.75, 3.05) is 13.2 Å². The van der Waals surface area contributed by atoms with Crippen molar-refractivity contribution in [2.24, 2.45) is 5.41 Å². The van der Waals surface area contributed by atoms with Crippen molar-refractivity contribution >= 4 is 5.91 Å². The Balaban J connectivity index is 2.04. The van der Waals surface area contributed by atoms with Gasteiger partial charge in [0.25, 0.3) is 5.91 Å². The summed E-state index contributed by atoms with van der Waals surface area (Å²) in [6.45, 7) is 2.97. The van der Waals surface area contributed by atoms with Gasteiger partial charge in [0.1, 0.15) is 0 Å². The highest BCUT2D eigenvalue weighted by Gasteiger charge is 2.40. The monoisotopic (exact) mass is 271 g/mol. The third kappa shape index (κ3) is 3.61. The Morgan fingerprint density at radius 2 is 2.15 bits per heavy atom. The van der Waals surface area contributed by atoms with Crippen LogP contribution >= 0.6 is 0 Å². The Morgan fingerprint density at radius 1 is 1.40 bits per heavy atom. The van der Waals surface area contributed by atoms with Gasteiger partial charge in [-0.2, -0.15) is 0 Å². The number of rotatable bonds is 5. The van der Waals surface area contributed by atoms with Crippen molar-refractivity contribution in [3.8, 4) is 11.8 Å². The topological polar surface area (TPSA) is 49.3 Å². The van der Waals surface area contributed by atoms with Crippen molar-refractivity contribution in [2.45, 2.75) is 32.6 Å². The highest BCUT2D eigenvalue weighted by atomic mass is 16.2. The molecule has 0 aliphatic heterocycles. The highest BCUT2D eigenvalue weighted by Crippen LogP contribution is 2.47. The molecule has 2 rings (SSSR count). The molecular weight excluding hydrogens is 250 g/mol. The van der Waals surface area contributed by atoms with Gasteiger partial charge in [-0.1, -0.05) is 30.9 Å². The van der Waals surface area contributed by atoms with Crippen LogP contribution in [-0.2, 0) is 0 Å². The zero-order valence-corrected chi connectivity index (χ0v) is 11.9. The van der Waals surface area contributed by atoms with Gasteiger partial charge in [-0.3, -0.25) is 4.79 Å². The van der Waals surface area contributed by atoms with Crippen LogP contribution in [0.5, 0.6) is 0 Å². The Labute approximate surface area is 120 Å². The van der Waals surface area contributed by atoms with E-state index in [0.29, 0.717) is 17.4 Å². The highest BCUT2D eigenvalue weighted by molar-refractivity contribution is 5.96.